The number of allylic oxidation sites excluding steroid dienone is 2. The van der Waals surface area contributed by atoms with E-state index in [9.17, 15) is 4.79 Å². The van der Waals surface area contributed by atoms with E-state index in [2.05, 4.69) is 11.2 Å². The second-order valence-electron chi connectivity index (χ2n) is 3.76. The minimum Gasteiger partial charge on any atom is -0.299 e. The first-order valence-corrected chi connectivity index (χ1v) is 4.92. The summed E-state index contributed by atoms with van der Waals surface area (Å²) in [6.07, 6.45) is 7.13. The van der Waals surface area contributed by atoms with Crippen LogP contribution in [0.1, 0.15) is 25.0 Å². The lowest BCUT2D eigenvalue weighted by molar-refractivity contribution is -0.118. The lowest BCUT2D eigenvalue weighted by Gasteiger charge is -2.10. The fourth-order valence-corrected chi connectivity index (χ4v) is 1.71. The first kappa shape index (κ1) is 9.19. The summed E-state index contributed by atoms with van der Waals surface area (Å²) in [6.45, 7) is 0. The van der Waals surface area contributed by atoms with Crippen molar-refractivity contribution in [2.24, 2.45) is 7.05 Å². The van der Waals surface area contributed by atoms with E-state index in [1.165, 1.54) is 5.57 Å². The van der Waals surface area contributed by atoms with Crippen LogP contribution in [-0.4, -0.2) is 15.6 Å². The number of hydrogen-bond donors (Lipinski definition) is 0. The number of aromatic nitrogens is 2. The molecule has 0 unspecified atom stereocenters. The summed E-state index contributed by atoms with van der Waals surface area (Å²) in [6, 6.07) is 2.03. The Morgan fingerprint density at radius 2 is 2.36 bits per heavy atom. The number of nitrogens with zero attached hydrogens (tertiary/aromatic N) is 2. The number of carbonyl (C=O) groups is 1. The molecular formula is C11H14N2O. The molecule has 0 N–H and O–H groups in total. The van der Waals surface area contributed by atoms with E-state index in [0.717, 1.165) is 18.5 Å². The maximum Gasteiger partial charge on any atom is 0.136 e. The molecule has 1 aliphatic rings. The Hall–Kier alpha value is -1.38. The molecular weight excluding hydrogens is 176 g/mol. The second-order valence-corrected chi connectivity index (χ2v) is 3.76. The molecule has 1 heterocycles. The fourth-order valence-electron chi connectivity index (χ4n) is 1.71. The van der Waals surface area contributed by atoms with Gasteiger partial charge in [0, 0.05) is 32.5 Å². The molecule has 1 aliphatic carbocycles. The van der Waals surface area contributed by atoms with E-state index in [1.54, 1.807) is 0 Å². The van der Waals surface area contributed by atoms with Crippen LogP contribution in [0.4, 0.5) is 0 Å². The Labute approximate surface area is 83.4 Å². The summed E-state index contributed by atoms with van der Waals surface area (Å²) >= 11 is 0. The predicted molar refractivity (Wildman–Crippen MR) is 53.9 cm³/mol. The zero-order chi connectivity index (χ0) is 9.97. The van der Waals surface area contributed by atoms with Crippen LogP contribution in [0, 0.1) is 0 Å². The summed E-state index contributed by atoms with van der Waals surface area (Å²) < 4.78 is 1.81. The van der Waals surface area contributed by atoms with Crippen molar-refractivity contribution in [1.29, 1.82) is 0 Å². The van der Waals surface area contributed by atoms with Gasteiger partial charge in [-0.15, -0.1) is 0 Å². The predicted octanol–water partition coefficient (Wildman–Crippen LogP) is 1.64. The van der Waals surface area contributed by atoms with Crippen LogP contribution in [-0.2, 0) is 18.3 Å². The van der Waals surface area contributed by atoms with Crippen molar-refractivity contribution in [3.63, 3.8) is 0 Å². The van der Waals surface area contributed by atoms with E-state index in [-0.39, 0.29) is 0 Å². The van der Waals surface area contributed by atoms with Gasteiger partial charge in [0.15, 0.2) is 0 Å². The van der Waals surface area contributed by atoms with Gasteiger partial charge in [-0.3, -0.25) is 9.48 Å². The molecule has 0 spiro atoms. The highest BCUT2D eigenvalue weighted by molar-refractivity contribution is 5.81. The molecule has 74 valence electrons. The lowest BCUT2D eigenvalue weighted by atomic mass is 9.95. The normalized spacial score (nSPS) is 16.9. The number of aryl methyl sites for hydroxylation is 1. The largest absolute Gasteiger partial charge is 0.299 e. The average Bonchev–Trinajstić information content (AvgIpc) is 2.56. The molecule has 3 heteroatoms. The van der Waals surface area contributed by atoms with Crippen molar-refractivity contribution in [3.8, 4) is 0 Å². The van der Waals surface area contributed by atoms with Gasteiger partial charge in [-0.1, -0.05) is 11.6 Å². The molecule has 0 bridgehead atoms. The molecule has 0 atom stereocenters. The maximum atomic E-state index is 11.0. The zero-order valence-corrected chi connectivity index (χ0v) is 8.36. The van der Waals surface area contributed by atoms with Crippen LogP contribution in [0.25, 0.3) is 0 Å². The Kier molecular flexibility index (Phi) is 2.48. The number of Topliss-reactive ketones (excluding diaryl/α,β-unsaturated/α-hetero) is 1. The van der Waals surface area contributed by atoms with Gasteiger partial charge in [0.2, 0.25) is 0 Å². The number of carbonyl (C=O) groups excluding carboxylic acids is 1. The third-order valence-corrected chi connectivity index (χ3v) is 2.52. The third-order valence-electron chi connectivity index (χ3n) is 2.52. The van der Waals surface area contributed by atoms with E-state index >= 15 is 0 Å². The summed E-state index contributed by atoms with van der Waals surface area (Å²) in [4.78, 5) is 11.0. The van der Waals surface area contributed by atoms with E-state index in [0.29, 0.717) is 18.6 Å². The van der Waals surface area contributed by atoms with Gasteiger partial charge in [0.05, 0.1) is 5.69 Å². The Balaban J connectivity index is 2.01. The summed E-state index contributed by atoms with van der Waals surface area (Å²) in [5.74, 6) is 0.356. The van der Waals surface area contributed by atoms with Crippen molar-refractivity contribution in [2.45, 2.75) is 25.7 Å². The van der Waals surface area contributed by atoms with Crippen molar-refractivity contribution in [2.75, 3.05) is 0 Å². The minimum absolute atomic E-state index is 0.356. The minimum atomic E-state index is 0.356. The molecule has 0 saturated carbocycles. The molecule has 1 aromatic heterocycles. The van der Waals surface area contributed by atoms with Gasteiger partial charge < -0.3 is 0 Å². The van der Waals surface area contributed by atoms with Crippen molar-refractivity contribution < 1.29 is 4.79 Å². The van der Waals surface area contributed by atoms with Gasteiger partial charge in [-0.25, -0.2) is 0 Å². The standard InChI is InChI=1S/C11H14N2O/c1-13-7-6-10(12-13)8-9-2-4-11(14)5-3-9/h2,6-7H,3-5,8H2,1H3. The van der Waals surface area contributed by atoms with Gasteiger partial charge >= 0.3 is 0 Å². The SMILES string of the molecule is Cn1ccc(CC2=CCC(=O)CC2)n1. The summed E-state index contributed by atoms with van der Waals surface area (Å²) in [7, 11) is 1.92. The van der Waals surface area contributed by atoms with Crippen molar-refractivity contribution >= 4 is 5.78 Å². The lowest BCUT2D eigenvalue weighted by Crippen LogP contribution is -2.05. The van der Waals surface area contributed by atoms with Crippen molar-refractivity contribution in [3.05, 3.63) is 29.6 Å². The van der Waals surface area contributed by atoms with Gasteiger partial charge in [-0.05, 0) is 12.5 Å². The topological polar surface area (TPSA) is 34.9 Å². The highest BCUT2D eigenvalue weighted by atomic mass is 16.1. The fraction of sp³-hybridized carbons (Fsp3) is 0.455. The van der Waals surface area contributed by atoms with Gasteiger partial charge in [0.1, 0.15) is 5.78 Å². The quantitative estimate of drug-likeness (QED) is 0.664. The van der Waals surface area contributed by atoms with Gasteiger partial charge in [-0.2, -0.15) is 5.10 Å². The summed E-state index contributed by atoms with van der Waals surface area (Å²) in [5.41, 5.74) is 2.44. The van der Waals surface area contributed by atoms with Crippen LogP contribution in [0.5, 0.6) is 0 Å². The average molecular weight is 190 g/mol. The summed E-state index contributed by atoms with van der Waals surface area (Å²) in [5, 5.41) is 4.31. The molecule has 0 aromatic carbocycles. The molecule has 0 fully saturated rings. The van der Waals surface area contributed by atoms with Crippen LogP contribution in [0.15, 0.2) is 23.9 Å². The zero-order valence-electron chi connectivity index (χ0n) is 8.36. The highest BCUT2D eigenvalue weighted by Crippen LogP contribution is 2.18. The first-order valence-electron chi connectivity index (χ1n) is 4.92. The van der Waals surface area contributed by atoms with E-state index in [1.807, 2.05) is 24.0 Å². The Morgan fingerprint density at radius 3 is 2.93 bits per heavy atom. The smallest absolute Gasteiger partial charge is 0.136 e. The maximum absolute atomic E-state index is 11.0. The molecule has 0 radical (unpaired) electrons. The van der Waals surface area contributed by atoms with Crippen LogP contribution < -0.4 is 0 Å². The van der Waals surface area contributed by atoms with Crippen LogP contribution >= 0.6 is 0 Å². The Bertz CT molecular complexity index is 376. The van der Waals surface area contributed by atoms with Crippen molar-refractivity contribution in [1.82, 2.24) is 9.78 Å². The molecule has 0 amide bonds. The molecule has 0 aliphatic heterocycles. The highest BCUT2D eigenvalue weighted by Gasteiger charge is 2.11. The monoisotopic (exact) mass is 190 g/mol. The number of ketones is 1. The van der Waals surface area contributed by atoms with Gasteiger partial charge in [0.25, 0.3) is 0 Å². The number of hydrogen-bond acceptors (Lipinski definition) is 2. The molecule has 0 saturated heterocycles. The molecule has 14 heavy (non-hydrogen) atoms. The van der Waals surface area contributed by atoms with Crippen LogP contribution in [0.2, 0.25) is 0 Å². The van der Waals surface area contributed by atoms with E-state index in [4.69, 9.17) is 0 Å². The molecule has 1 aromatic rings. The molecule has 2 rings (SSSR count). The van der Waals surface area contributed by atoms with Crippen LogP contribution in [0.3, 0.4) is 0 Å². The third kappa shape index (κ3) is 2.10. The Morgan fingerprint density at radius 1 is 1.50 bits per heavy atom. The van der Waals surface area contributed by atoms with E-state index < -0.39 is 0 Å². The molecule has 3 nitrogen and oxygen atoms in total. The second kappa shape index (κ2) is 3.78. The number of rotatable bonds is 2. The first-order chi connectivity index (χ1) is 6.74.